The Kier molecular flexibility index (Phi) is 5.37. The number of aromatic nitrogens is 2. The van der Waals surface area contributed by atoms with Crippen LogP contribution in [0, 0.1) is 5.92 Å². The van der Waals surface area contributed by atoms with Gasteiger partial charge in [0.15, 0.2) is 0 Å². The third-order valence-corrected chi connectivity index (χ3v) is 5.77. The van der Waals surface area contributed by atoms with E-state index in [1.54, 1.807) is 36.4 Å². The van der Waals surface area contributed by atoms with Gasteiger partial charge in [0.1, 0.15) is 11.5 Å². The summed E-state index contributed by atoms with van der Waals surface area (Å²) in [6, 6.07) is 5.35. The van der Waals surface area contributed by atoms with E-state index in [0.717, 1.165) is 18.5 Å². The summed E-state index contributed by atoms with van der Waals surface area (Å²) in [4.78, 5) is 40.1. The highest BCUT2D eigenvalue weighted by molar-refractivity contribution is 5.92. The molecule has 2 aromatic rings. The van der Waals surface area contributed by atoms with E-state index < -0.39 is 0 Å². The second-order valence-electron chi connectivity index (χ2n) is 7.75. The standard InChI is InChI=1S/C20H25N5O4/c1-24-12-14(9-18(24)26)20(28)25-6-4-13(5-7-25)16-10-17(23-22-16)19(27)21-11-15-3-2-8-29-15/h2-3,8,10,13-14H,4-7,9,11-12H2,1H3,(H,21,27)(H,22,23). The zero-order valence-corrected chi connectivity index (χ0v) is 16.4. The Morgan fingerprint density at radius 1 is 1.34 bits per heavy atom. The number of likely N-dealkylation sites (tertiary alicyclic amines) is 2. The lowest BCUT2D eigenvalue weighted by Crippen LogP contribution is -2.42. The van der Waals surface area contributed by atoms with Crippen LogP contribution in [0.1, 0.15) is 47.1 Å². The highest BCUT2D eigenvalue weighted by Gasteiger charge is 2.36. The lowest BCUT2D eigenvalue weighted by atomic mass is 9.92. The highest BCUT2D eigenvalue weighted by Crippen LogP contribution is 2.29. The Labute approximate surface area is 168 Å². The van der Waals surface area contributed by atoms with Gasteiger partial charge in [0, 0.05) is 44.7 Å². The Hall–Kier alpha value is -3.10. The van der Waals surface area contributed by atoms with Gasteiger partial charge in [0.2, 0.25) is 11.8 Å². The Balaban J connectivity index is 1.28. The number of amides is 3. The fourth-order valence-electron chi connectivity index (χ4n) is 4.03. The van der Waals surface area contributed by atoms with E-state index >= 15 is 0 Å². The third kappa shape index (κ3) is 4.18. The van der Waals surface area contributed by atoms with E-state index in [4.69, 9.17) is 4.42 Å². The fraction of sp³-hybridized carbons (Fsp3) is 0.500. The van der Waals surface area contributed by atoms with Crippen molar-refractivity contribution in [1.82, 2.24) is 25.3 Å². The maximum atomic E-state index is 12.7. The first-order chi connectivity index (χ1) is 14.0. The van der Waals surface area contributed by atoms with E-state index in [-0.39, 0.29) is 29.6 Å². The second-order valence-corrected chi connectivity index (χ2v) is 7.75. The van der Waals surface area contributed by atoms with Gasteiger partial charge in [-0.2, -0.15) is 5.10 Å². The summed E-state index contributed by atoms with van der Waals surface area (Å²) in [5.74, 6) is 0.539. The molecular weight excluding hydrogens is 374 g/mol. The quantitative estimate of drug-likeness (QED) is 0.783. The summed E-state index contributed by atoms with van der Waals surface area (Å²) in [5.41, 5.74) is 1.26. The van der Waals surface area contributed by atoms with E-state index in [0.29, 0.717) is 44.1 Å². The molecule has 3 amide bonds. The van der Waals surface area contributed by atoms with E-state index in [9.17, 15) is 14.4 Å². The minimum Gasteiger partial charge on any atom is -0.467 e. The lowest BCUT2D eigenvalue weighted by molar-refractivity contribution is -0.136. The third-order valence-electron chi connectivity index (χ3n) is 5.77. The fourth-order valence-corrected chi connectivity index (χ4v) is 4.03. The van der Waals surface area contributed by atoms with Crippen LogP contribution >= 0.6 is 0 Å². The number of piperidine rings is 1. The molecule has 0 saturated carbocycles. The van der Waals surface area contributed by atoms with Crippen molar-refractivity contribution in [3.63, 3.8) is 0 Å². The van der Waals surface area contributed by atoms with Crippen LogP contribution in [0.4, 0.5) is 0 Å². The first-order valence-corrected chi connectivity index (χ1v) is 9.90. The average Bonchev–Trinajstić information content (AvgIpc) is 3.48. The number of carbonyl (C=O) groups excluding carboxylic acids is 3. The smallest absolute Gasteiger partial charge is 0.272 e. The Bertz CT molecular complexity index is 883. The molecule has 0 radical (unpaired) electrons. The molecule has 9 heteroatoms. The van der Waals surface area contributed by atoms with Gasteiger partial charge in [-0.25, -0.2) is 0 Å². The van der Waals surface area contributed by atoms with Gasteiger partial charge < -0.3 is 19.5 Å². The molecule has 2 aliphatic heterocycles. The van der Waals surface area contributed by atoms with Crippen molar-refractivity contribution >= 4 is 17.7 Å². The molecule has 9 nitrogen and oxygen atoms in total. The molecule has 0 aliphatic carbocycles. The van der Waals surface area contributed by atoms with Gasteiger partial charge in [0.05, 0.1) is 18.7 Å². The summed E-state index contributed by atoms with van der Waals surface area (Å²) in [5, 5.41) is 9.88. The second kappa shape index (κ2) is 8.10. The van der Waals surface area contributed by atoms with Gasteiger partial charge >= 0.3 is 0 Å². The van der Waals surface area contributed by atoms with Gasteiger partial charge in [-0.1, -0.05) is 0 Å². The van der Waals surface area contributed by atoms with Crippen LogP contribution in [0.5, 0.6) is 0 Å². The first-order valence-electron chi connectivity index (χ1n) is 9.90. The van der Waals surface area contributed by atoms with Crippen LogP contribution in [-0.4, -0.2) is 64.4 Å². The largest absolute Gasteiger partial charge is 0.467 e. The van der Waals surface area contributed by atoms with Gasteiger partial charge in [-0.15, -0.1) is 0 Å². The molecule has 29 heavy (non-hydrogen) atoms. The number of nitrogens with zero attached hydrogens (tertiary/aromatic N) is 3. The van der Waals surface area contributed by atoms with Crippen molar-refractivity contribution in [2.75, 3.05) is 26.7 Å². The Morgan fingerprint density at radius 2 is 2.14 bits per heavy atom. The van der Waals surface area contributed by atoms with Crippen LogP contribution in [0.3, 0.4) is 0 Å². The number of furan rings is 1. The number of rotatable bonds is 5. The summed E-state index contributed by atoms with van der Waals surface area (Å²) >= 11 is 0. The number of H-pyrrole nitrogens is 1. The summed E-state index contributed by atoms with van der Waals surface area (Å²) in [6.45, 7) is 2.12. The van der Waals surface area contributed by atoms with Crippen LogP contribution in [0.15, 0.2) is 28.9 Å². The lowest BCUT2D eigenvalue weighted by Gasteiger charge is -2.33. The zero-order chi connectivity index (χ0) is 20.4. The molecular formula is C20H25N5O4. The van der Waals surface area contributed by atoms with Crippen LogP contribution in [0.2, 0.25) is 0 Å². The van der Waals surface area contributed by atoms with Crippen molar-refractivity contribution in [2.24, 2.45) is 5.92 Å². The monoisotopic (exact) mass is 399 g/mol. The van der Waals surface area contributed by atoms with Crippen molar-refractivity contribution in [2.45, 2.75) is 31.7 Å². The number of hydrogen-bond acceptors (Lipinski definition) is 5. The maximum Gasteiger partial charge on any atom is 0.272 e. The van der Waals surface area contributed by atoms with Gasteiger partial charge in [-0.05, 0) is 31.0 Å². The molecule has 2 fully saturated rings. The molecule has 4 rings (SSSR count). The molecule has 1 unspecified atom stereocenters. The molecule has 2 N–H and O–H groups in total. The molecule has 0 bridgehead atoms. The Morgan fingerprint density at radius 3 is 2.79 bits per heavy atom. The highest BCUT2D eigenvalue weighted by atomic mass is 16.3. The number of carbonyl (C=O) groups is 3. The minimum atomic E-state index is -0.258. The van der Waals surface area contributed by atoms with E-state index in [1.165, 1.54) is 0 Å². The van der Waals surface area contributed by atoms with Crippen molar-refractivity contribution in [1.29, 1.82) is 0 Å². The maximum absolute atomic E-state index is 12.7. The van der Waals surface area contributed by atoms with Crippen molar-refractivity contribution in [3.8, 4) is 0 Å². The van der Waals surface area contributed by atoms with E-state index in [1.807, 2.05) is 4.90 Å². The molecule has 2 saturated heterocycles. The van der Waals surface area contributed by atoms with Crippen molar-refractivity contribution < 1.29 is 18.8 Å². The average molecular weight is 399 g/mol. The zero-order valence-electron chi connectivity index (χ0n) is 16.4. The molecule has 0 aromatic carbocycles. The molecule has 4 heterocycles. The first kappa shape index (κ1) is 19.2. The SMILES string of the molecule is CN1CC(C(=O)N2CCC(c3cc(C(=O)NCc4ccco4)n[nH]3)CC2)CC1=O. The van der Waals surface area contributed by atoms with Crippen LogP contribution < -0.4 is 5.32 Å². The van der Waals surface area contributed by atoms with Gasteiger partial charge in [-0.3, -0.25) is 19.5 Å². The molecule has 0 spiro atoms. The number of hydrogen-bond donors (Lipinski definition) is 2. The summed E-state index contributed by atoms with van der Waals surface area (Å²) in [7, 11) is 1.74. The summed E-state index contributed by atoms with van der Waals surface area (Å²) < 4.78 is 5.20. The predicted molar refractivity (Wildman–Crippen MR) is 103 cm³/mol. The van der Waals surface area contributed by atoms with Crippen LogP contribution in [-0.2, 0) is 16.1 Å². The normalized spacial score (nSPS) is 20.3. The molecule has 154 valence electrons. The topological polar surface area (TPSA) is 112 Å². The molecule has 1 atom stereocenters. The van der Waals surface area contributed by atoms with Crippen LogP contribution in [0.25, 0.3) is 0 Å². The number of nitrogens with one attached hydrogen (secondary N) is 2. The number of aromatic amines is 1. The van der Waals surface area contributed by atoms with Crippen molar-refractivity contribution in [3.05, 3.63) is 41.6 Å². The minimum absolute atomic E-state index is 0.0357. The molecule has 2 aliphatic rings. The summed E-state index contributed by atoms with van der Waals surface area (Å²) in [6.07, 6.45) is 3.48. The predicted octanol–water partition coefficient (Wildman–Crippen LogP) is 1.12. The van der Waals surface area contributed by atoms with Gasteiger partial charge in [0.25, 0.3) is 5.91 Å². The van der Waals surface area contributed by atoms with E-state index in [2.05, 4.69) is 15.5 Å². The molecule has 2 aromatic heterocycles.